The van der Waals surface area contributed by atoms with Crippen molar-refractivity contribution >= 4 is 17.3 Å². The number of fused-ring (bicyclic) bond motifs is 1. The summed E-state index contributed by atoms with van der Waals surface area (Å²) in [6, 6.07) is 15.1. The van der Waals surface area contributed by atoms with Crippen molar-refractivity contribution in [1.82, 2.24) is 24.9 Å². The van der Waals surface area contributed by atoms with Crippen molar-refractivity contribution in [3.05, 3.63) is 67.0 Å². The van der Waals surface area contributed by atoms with Crippen LogP contribution in [0.1, 0.15) is 12.8 Å². The first kappa shape index (κ1) is 21.2. The predicted octanol–water partition coefficient (Wildman–Crippen LogP) is 4.58. The van der Waals surface area contributed by atoms with Crippen molar-refractivity contribution in [2.45, 2.75) is 25.2 Å². The van der Waals surface area contributed by atoms with Gasteiger partial charge in [-0.25, -0.2) is 14.9 Å². The molecule has 1 aliphatic rings. The van der Waals surface area contributed by atoms with Gasteiger partial charge in [-0.2, -0.15) is 9.61 Å². The predicted molar refractivity (Wildman–Crippen MR) is 117 cm³/mol. The molecule has 0 atom stereocenters. The molecule has 4 heterocycles. The number of benzene rings is 1. The van der Waals surface area contributed by atoms with Crippen molar-refractivity contribution in [3.63, 3.8) is 0 Å². The normalized spacial score (nSPS) is 15.0. The molecule has 5 rings (SSSR count). The third-order valence-corrected chi connectivity index (χ3v) is 5.45. The van der Waals surface area contributed by atoms with Crippen LogP contribution < -0.4 is 15.0 Å². The fraction of sp³-hybridized carbons (Fsp3) is 0.261. The largest absolute Gasteiger partial charge is 0.491 e. The van der Waals surface area contributed by atoms with Crippen LogP contribution in [-0.2, 0) is 0 Å². The molecular formula is C23H21F3N6O. The Morgan fingerprint density at radius 3 is 2.52 bits per heavy atom. The summed E-state index contributed by atoms with van der Waals surface area (Å²) in [5.74, 6) is 0.124. The first-order valence-electron chi connectivity index (χ1n) is 10.6. The fourth-order valence-electron chi connectivity index (χ4n) is 3.89. The third-order valence-electron chi connectivity index (χ3n) is 5.45. The molecular weight excluding hydrogens is 433 g/mol. The van der Waals surface area contributed by atoms with Gasteiger partial charge in [0.1, 0.15) is 17.7 Å². The van der Waals surface area contributed by atoms with Gasteiger partial charge < -0.3 is 10.1 Å². The average Bonchev–Trinajstić information content (AvgIpc) is 3.23. The van der Waals surface area contributed by atoms with Crippen LogP contribution in [0, 0.1) is 0 Å². The molecule has 4 aromatic rings. The second-order valence-corrected chi connectivity index (χ2v) is 7.66. The molecule has 0 aliphatic carbocycles. The molecule has 1 fully saturated rings. The first-order chi connectivity index (χ1) is 16.0. The lowest BCUT2D eigenvalue weighted by atomic mass is 10.1. The minimum absolute atomic E-state index is 0.0739. The quantitative estimate of drug-likeness (QED) is 0.446. The average molecular weight is 454 g/mol. The van der Waals surface area contributed by atoms with Gasteiger partial charge in [0.05, 0.1) is 11.9 Å². The van der Waals surface area contributed by atoms with Crippen LogP contribution in [0.25, 0.3) is 16.9 Å². The smallest absolute Gasteiger partial charge is 0.490 e. The van der Waals surface area contributed by atoms with E-state index in [0.717, 1.165) is 32.1 Å². The molecule has 0 saturated carbocycles. The minimum atomic E-state index is -4.72. The summed E-state index contributed by atoms with van der Waals surface area (Å²) in [5.41, 5.74) is 1.47. The van der Waals surface area contributed by atoms with Gasteiger partial charge in [-0.3, -0.25) is 0 Å². The topological polar surface area (TPSA) is 67.6 Å². The van der Waals surface area contributed by atoms with Crippen LogP contribution in [0.4, 0.5) is 24.8 Å². The number of pyridine rings is 1. The Labute approximate surface area is 187 Å². The lowest BCUT2D eigenvalue weighted by Gasteiger charge is -2.25. The number of piperidine rings is 1. The van der Waals surface area contributed by atoms with Crippen LogP contribution in [0.5, 0.6) is 5.75 Å². The van der Waals surface area contributed by atoms with E-state index in [4.69, 9.17) is 4.74 Å². The second kappa shape index (κ2) is 8.70. The van der Waals surface area contributed by atoms with Gasteiger partial charge in [0.15, 0.2) is 11.5 Å². The lowest BCUT2D eigenvalue weighted by Crippen LogP contribution is -2.35. The summed E-state index contributed by atoms with van der Waals surface area (Å²) in [6.45, 7) is 1.77. The van der Waals surface area contributed by atoms with E-state index in [1.54, 1.807) is 18.2 Å². The highest BCUT2D eigenvalue weighted by Gasteiger charge is 2.41. The molecule has 0 amide bonds. The molecule has 1 aliphatic heterocycles. The number of rotatable bonds is 5. The number of alkyl halides is 3. The van der Waals surface area contributed by atoms with Crippen molar-refractivity contribution in [2.75, 3.05) is 18.0 Å². The van der Waals surface area contributed by atoms with E-state index in [0.29, 0.717) is 17.0 Å². The highest BCUT2D eigenvalue weighted by atomic mass is 19.4. The lowest BCUT2D eigenvalue weighted by molar-refractivity contribution is -0.121. The van der Waals surface area contributed by atoms with E-state index < -0.39 is 6.30 Å². The molecule has 0 spiro atoms. The van der Waals surface area contributed by atoms with Crippen LogP contribution in [0.2, 0.25) is 0 Å². The Morgan fingerprint density at radius 1 is 0.970 bits per heavy atom. The van der Waals surface area contributed by atoms with E-state index in [9.17, 15) is 13.2 Å². The molecule has 10 heteroatoms. The van der Waals surface area contributed by atoms with Gasteiger partial charge in [-0.05, 0) is 62.3 Å². The summed E-state index contributed by atoms with van der Waals surface area (Å²) in [7, 11) is 0. The van der Waals surface area contributed by atoms with Gasteiger partial charge in [-0.15, -0.1) is 13.2 Å². The molecule has 1 aromatic carbocycles. The van der Waals surface area contributed by atoms with Crippen molar-refractivity contribution in [2.24, 2.45) is 0 Å². The zero-order chi connectivity index (χ0) is 22.8. The molecule has 0 radical (unpaired) electrons. The maximum absolute atomic E-state index is 14.0. The van der Waals surface area contributed by atoms with Crippen LogP contribution >= 0.6 is 0 Å². The Morgan fingerprint density at radius 2 is 1.76 bits per heavy atom. The van der Waals surface area contributed by atoms with E-state index in [1.807, 2.05) is 24.3 Å². The number of hydrogen-bond donors (Lipinski definition) is 1. The Bertz CT molecular complexity index is 1240. The summed E-state index contributed by atoms with van der Waals surface area (Å²) in [5, 5.41) is 7.81. The molecule has 1 saturated heterocycles. The summed E-state index contributed by atoms with van der Waals surface area (Å²) >= 11 is 0. The minimum Gasteiger partial charge on any atom is -0.490 e. The second-order valence-electron chi connectivity index (χ2n) is 7.66. The Kier molecular flexibility index (Phi) is 5.59. The number of imidazole rings is 1. The fourth-order valence-corrected chi connectivity index (χ4v) is 3.89. The van der Waals surface area contributed by atoms with E-state index in [2.05, 4.69) is 20.4 Å². The summed E-state index contributed by atoms with van der Waals surface area (Å²) in [4.78, 5) is 8.17. The summed E-state index contributed by atoms with van der Waals surface area (Å²) in [6.07, 6.45) is -0.424. The molecule has 1 N–H and O–H groups in total. The van der Waals surface area contributed by atoms with E-state index in [1.165, 1.54) is 22.8 Å². The van der Waals surface area contributed by atoms with Crippen LogP contribution in [0.3, 0.4) is 0 Å². The van der Waals surface area contributed by atoms with Gasteiger partial charge >= 0.3 is 6.30 Å². The highest BCUT2D eigenvalue weighted by molar-refractivity contribution is 5.69. The van der Waals surface area contributed by atoms with E-state index in [-0.39, 0.29) is 28.3 Å². The number of nitrogens with one attached hydrogen (secondary N) is 1. The third kappa shape index (κ3) is 4.34. The molecule has 0 bridgehead atoms. The SMILES string of the molecule is FC(F)(F)N(c1ccccn1)c1cnc2ccc(-c3ccccc3OC3CCNCC3)nn12. The molecule has 7 nitrogen and oxygen atoms in total. The molecule has 0 unspecified atom stereocenters. The number of para-hydroxylation sites is 1. The van der Waals surface area contributed by atoms with E-state index >= 15 is 0 Å². The van der Waals surface area contributed by atoms with Crippen LogP contribution in [0.15, 0.2) is 67.0 Å². The molecule has 3 aromatic heterocycles. The van der Waals surface area contributed by atoms with Crippen molar-refractivity contribution in [3.8, 4) is 17.0 Å². The zero-order valence-electron chi connectivity index (χ0n) is 17.5. The first-order valence-corrected chi connectivity index (χ1v) is 10.6. The number of hydrogen-bond acceptors (Lipinski definition) is 6. The highest BCUT2D eigenvalue weighted by Crippen LogP contribution is 2.36. The monoisotopic (exact) mass is 454 g/mol. The Balaban J connectivity index is 1.57. The van der Waals surface area contributed by atoms with Gasteiger partial charge in [0.2, 0.25) is 0 Å². The van der Waals surface area contributed by atoms with Gasteiger partial charge in [0, 0.05) is 11.8 Å². The van der Waals surface area contributed by atoms with Crippen molar-refractivity contribution in [1.29, 1.82) is 0 Å². The number of aromatic nitrogens is 4. The molecule has 33 heavy (non-hydrogen) atoms. The van der Waals surface area contributed by atoms with Crippen LogP contribution in [-0.4, -0.2) is 45.1 Å². The van der Waals surface area contributed by atoms with Gasteiger partial charge in [-0.1, -0.05) is 18.2 Å². The number of ether oxygens (including phenoxy) is 1. The summed E-state index contributed by atoms with van der Waals surface area (Å²) < 4.78 is 49.5. The maximum atomic E-state index is 14.0. The maximum Gasteiger partial charge on any atom is 0.491 e. The molecule has 170 valence electrons. The number of anilines is 2. The Hall–Kier alpha value is -3.66. The number of halogens is 3. The number of nitrogens with zero attached hydrogens (tertiary/aromatic N) is 5. The standard InChI is InChI=1S/C23H21F3N6O/c24-23(25,26)31(20-7-3-4-12-28-20)22-15-29-21-9-8-18(30-32(21)22)17-5-1-2-6-19(17)33-16-10-13-27-14-11-16/h1-9,12,15-16,27H,10-11,13-14H2. The van der Waals surface area contributed by atoms with Gasteiger partial charge in [0.25, 0.3) is 0 Å². The van der Waals surface area contributed by atoms with Crippen molar-refractivity contribution < 1.29 is 17.9 Å². The zero-order valence-corrected chi connectivity index (χ0v) is 17.5.